The average molecular weight is 400 g/mol. The Balaban J connectivity index is 1.91. The predicted octanol–water partition coefficient (Wildman–Crippen LogP) is 2.78. The molecule has 2 rings (SSSR count). The fourth-order valence-electron chi connectivity index (χ4n) is 2.76. The molecule has 0 radical (unpaired) electrons. The van der Waals surface area contributed by atoms with Crippen molar-refractivity contribution in [3.63, 3.8) is 0 Å². The van der Waals surface area contributed by atoms with Crippen molar-refractivity contribution >= 4 is 12.4 Å². The summed E-state index contributed by atoms with van der Waals surface area (Å²) in [6.45, 7) is 1.41. The van der Waals surface area contributed by atoms with Crippen molar-refractivity contribution in [1.82, 2.24) is 5.06 Å². The van der Waals surface area contributed by atoms with Gasteiger partial charge in [-0.25, -0.2) is 9.86 Å². The van der Waals surface area contributed by atoms with Crippen LogP contribution in [0.5, 0.6) is 5.75 Å². The van der Waals surface area contributed by atoms with Crippen LogP contribution in [0.15, 0.2) is 54.6 Å². The standard InChI is InChI=1S/C22H28N2O5/c23-13-5-2-6-14-28-20-11-9-18(10-12-20)15-21(22(26)27)24(17-25)29-16-19-7-3-1-4-8-19/h1,3-4,7-12,17,21H,2,5-6,13-16,23H2,(H,26,27). The van der Waals surface area contributed by atoms with E-state index in [1.54, 1.807) is 24.3 Å². The molecule has 2 aromatic rings. The number of benzene rings is 2. The molecule has 2 aromatic carbocycles. The molecule has 3 N–H and O–H groups in total. The second-order valence-electron chi connectivity index (χ2n) is 6.62. The largest absolute Gasteiger partial charge is 0.494 e. The van der Waals surface area contributed by atoms with E-state index in [2.05, 4.69) is 0 Å². The van der Waals surface area contributed by atoms with Crippen LogP contribution in [0.2, 0.25) is 0 Å². The maximum atomic E-state index is 11.7. The molecule has 0 fully saturated rings. The number of carboxylic acids is 1. The van der Waals surface area contributed by atoms with Gasteiger partial charge in [-0.1, -0.05) is 42.5 Å². The second kappa shape index (κ2) is 12.5. The number of nitrogens with two attached hydrogens (primary N) is 1. The molecule has 7 heteroatoms. The number of hydrogen-bond acceptors (Lipinski definition) is 5. The minimum atomic E-state index is -1.13. The highest BCUT2D eigenvalue weighted by atomic mass is 16.7. The predicted molar refractivity (Wildman–Crippen MR) is 109 cm³/mol. The van der Waals surface area contributed by atoms with Gasteiger partial charge in [0.2, 0.25) is 6.41 Å². The normalized spacial score (nSPS) is 11.6. The first-order valence-electron chi connectivity index (χ1n) is 9.69. The molecule has 0 spiro atoms. The molecule has 156 valence electrons. The lowest BCUT2D eigenvalue weighted by molar-refractivity contribution is -0.200. The molecule has 1 atom stereocenters. The van der Waals surface area contributed by atoms with E-state index in [9.17, 15) is 14.7 Å². The molecule has 1 amide bonds. The number of nitrogens with zero attached hydrogens (tertiary/aromatic N) is 1. The quantitative estimate of drug-likeness (QED) is 0.287. The van der Waals surface area contributed by atoms with Gasteiger partial charge in [-0.3, -0.25) is 9.63 Å². The number of amides is 1. The number of hydroxylamine groups is 2. The summed E-state index contributed by atoms with van der Waals surface area (Å²) in [6.07, 6.45) is 3.48. The van der Waals surface area contributed by atoms with Crippen LogP contribution in [-0.2, 0) is 27.5 Å². The summed E-state index contributed by atoms with van der Waals surface area (Å²) in [5, 5.41) is 10.4. The van der Waals surface area contributed by atoms with Crippen molar-refractivity contribution in [2.24, 2.45) is 5.73 Å². The Morgan fingerprint density at radius 1 is 1.03 bits per heavy atom. The lowest BCUT2D eigenvalue weighted by atomic mass is 10.1. The second-order valence-corrected chi connectivity index (χ2v) is 6.62. The topological polar surface area (TPSA) is 102 Å². The van der Waals surface area contributed by atoms with Crippen LogP contribution >= 0.6 is 0 Å². The minimum absolute atomic E-state index is 0.111. The molecule has 0 aromatic heterocycles. The molecule has 0 bridgehead atoms. The van der Waals surface area contributed by atoms with Crippen LogP contribution in [0.25, 0.3) is 0 Å². The Morgan fingerprint density at radius 3 is 2.38 bits per heavy atom. The van der Waals surface area contributed by atoms with Crippen molar-refractivity contribution in [2.75, 3.05) is 13.2 Å². The molecule has 0 heterocycles. The van der Waals surface area contributed by atoms with Crippen LogP contribution in [-0.4, -0.2) is 41.7 Å². The Morgan fingerprint density at radius 2 is 1.76 bits per heavy atom. The Hall–Kier alpha value is -2.90. The van der Waals surface area contributed by atoms with Gasteiger partial charge in [0.15, 0.2) is 6.04 Å². The van der Waals surface area contributed by atoms with Crippen LogP contribution in [0.3, 0.4) is 0 Å². The third kappa shape index (κ3) is 7.93. The summed E-state index contributed by atoms with van der Waals surface area (Å²) in [4.78, 5) is 28.5. The van der Waals surface area contributed by atoms with E-state index in [-0.39, 0.29) is 13.0 Å². The van der Waals surface area contributed by atoms with Crippen LogP contribution in [0, 0.1) is 0 Å². The number of carboxylic acid groups (broad SMARTS) is 1. The summed E-state index contributed by atoms with van der Waals surface area (Å²) in [7, 11) is 0. The molecule has 0 aliphatic heterocycles. The van der Waals surface area contributed by atoms with Gasteiger partial charge in [0.25, 0.3) is 0 Å². The van der Waals surface area contributed by atoms with Crippen molar-refractivity contribution in [2.45, 2.75) is 38.3 Å². The van der Waals surface area contributed by atoms with Crippen molar-refractivity contribution in [3.8, 4) is 5.75 Å². The van der Waals surface area contributed by atoms with E-state index >= 15 is 0 Å². The molecule has 1 unspecified atom stereocenters. The van der Waals surface area contributed by atoms with E-state index in [1.807, 2.05) is 30.3 Å². The van der Waals surface area contributed by atoms with Crippen molar-refractivity contribution in [1.29, 1.82) is 0 Å². The maximum absolute atomic E-state index is 11.7. The van der Waals surface area contributed by atoms with E-state index in [1.165, 1.54) is 0 Å². The fraction of sp³-hybridized carbons (Fsp3) is 0.364. The van der Waals surface area contributed by atoms with Gasteiger partial charge >= 0.3 is 5.97 Å². The number of hydrogen-bond donors (Lipinski definition) is 2. The number of ether oxygens (including phenoxy) is 1. The molecule has 0 saturated heterocycles. The molecular formula is C22H28N2O5. The van der Waals surface area contributed by atoms with Crippen LogP contribution in [0.4, 0.5) is 0 Å². The summed E-state index contributed by atoms with van der Waals surface area (Å²) >= 11 is 0. The zero-order valence-electron chi connectivity index (χ0n) is 16.4. The SMILES string of the molecule is NCCCCCOc1ccc(CC(C(=O)O)N(C=O)OCc2ccccc2)cc1. The zero-order chi connectivity index (χ0) is 20.9. The first-order chi connectivity index (χ1) is 14.1. The van der Waals surface area contributed by atoms with Gasteiger partial charge in [-0.15, -0.1) is 0 Å². The van der Waals surface area contributed by atoms with Gasteiger partial charge in [0.1, 0.15) is 12.4 Å². The number of carbonyl (C=O) groups is 2. The number of aliphatic carboxylic acids is 1. The maximum Gasteiger partial charge on any atom is 0.329 e. The first-order valence-corrected chi connectivity index (χ1v) is 9.69. The average Bonchev–Trinajstić information content (AvgIpc) is 2.74. The van der Waals surface area contributed by atoms with Gasteiger partial charge in [-0.05, 0) is 49.1 Å². The third-order valence-electron chi connectivity index (χ3n) is 4.39. The number of unbranched alkanes of at least 4 members (excludes halogenated alkanes) is 2. The zero-order valence-corrected chi connectivity index (χ0v) is 16.4. The number of carbonyl (C=O) groups excluding carboxylic acids is 1. The summed E-state index contributed by atoms with van der Waals surface area (Å²) in [5.74, 6) is -0.411. The van der Waals surface area contributed by atoms with Gasteiger partial charge in [0.05, 0.1) is 6.61 Å². The van der Waals surface area contributed by atoms with Crippen molar-refractivity contribution < 1.29 is 24.3 Å². The minimum Gasteiger partial charge on any atom is -0.494 e. The summed E-state index contributed by atoms with van der Waals surface area (Å²) < 4.78 is 5.67. The van der Waals surface area contributed by atoms with E-state index in [0.29, 0.717) is 19.6 Å². The third-order valence-corrected chi connectivity index (χ3v) is 4.39. The highest BCUT2D eigenvalue weighted by Crippen LogP contribution is 2.16. The molecule has 29 heavy (non-hydrogen) atoms. The summed E-state index contributed by atoms with van der Waals surface area (Å²) in [6, 6.07) is 15.3. The monoisotopic (exact) mass is 400 g/mol. The lowest BCUT2D eigenvalue weighted by Crippen LogP contribution is -2.41. The Bertz CT molecular complexity index is 737. The highest BCUT2D eigenvalue weighted by Gasteiger charge is 2.26. The van der Waals surface area contributed by atoms with E-state index in [0.717, 1.165) is 41.2 Å². The molecule has 0 aliphatic rings. The lowest BCUT2D eigenvalue weighted by Gasteiger charge is -2.24. The van der Waals surface area contributed by atoms with E-state index < -0.39 is 12.0 Å². The first kappa shape index (κ1) is 22.4. The highest BCUT2D eigenvalue weighted by molar-refractivity contribution is 5.76. The van der Waals surface area contributed by atoms with Gasteiger partial charge in [-0.2, -0.15) is 0 Å². The van der Waals surface area contributed by atoms with Crippen LogP contribution < -0.4 is 10.5 Å². The van der Waals surface area contributed by atoms with Gasteiger partial charge in [0, 0.05) is 6.42 Å². The Kier molecular flexibility index (Phi) is 9.68. The molecule has 7 nitrogen and oxygen atoms in total. The Labute approximate surface area is 171 Å². The van der Waals surface area contributed by atoms with Gasteiger partial charge < -0.3 is 15.6 Å². The smallest absolute Gasteiger partial charge is 0.329 e. The molecule has 0 aliphatic carbocycles. The molecular weight excluding hydrogens is 372 g/mol. The summed E-state index contributed by atoms with van der Waals surface area (Å²) in [5.41, 5.74) is 7.07. The van der Waals surface area contributed by atoms with Crippen molar-refractivity contribution in [3.05, 3.63) is 65.7 Å². The van der Waals surface area contributed by atoms with E-state index in [4.69, 9.17) is 15.3 Å². The fourth-order valence-corrected chi connectivity index (χ4v) is 2.76. The van der Waals surface area contributed by atoms with Crippen LogP contribution in [0.1, 0.15) is 30.4 Å². The molecule has 0 saturated carbocycles. The number of rotatable bonds is 14.